The van der Waals surface area contributed by atoms with E-state index in [1.54, 1.807) is 36.4 Å². The molecule has 2 N–H and O–H groups in total. The fraction of sp³-hybridized carbons (Fsp3) is 0.333. The van der Waals surface area contributed by atoms with Crippen LogP contribution in [0.2, 0.25) is 0 Å². The summed E-state index contributed by atoms with van der Waals surface area (Å²) in [4.78, 5) is 24.4. The number of hydrogen-bond donors (Lipinski definition) is 2. The highest BCUT2D eigenvalue weighted by Gasteiger charge is 2.13. The monoisotopic (exact) mass is 370 g/mol. The van der Waals surface area contributed by atoms with Crippen LogP contribution in [0.5, 0.6) is 11.5 Å². The number of anilines is 2. The molecule has 0 aliphatic rings. The Kier molecular flexibility index (Phi) is 6.82. The van der Waals surface area contributed by atoms with E-state index in [9.17, 15) is 9.59 Å². The lowest BCUT2D eigenvalue weighted by atomic mass is 10.1. The van der Waals surface area contributed by atoms with Crippen LogP contribution in [0.1, 0.15) is 38.1 Å². The summed E-state index contributed by atoms with van der Waals surface area (Å²) in [5.41, 5.74) is 1.61. The van der Waals surface area contributed by atoms with Gasteiger partial charge in [0.2, 0.25) is 5.91 Å². The van der Waals surface area contributed by atoms with Crippen molar-refractivity contribution >= 4 is 23.2 Å². The predicted octanol–water partition coefficient (Wildman–Crippen LogP) is 4.33. The lowest BCUT2D eigenvalue weighted by Gasteiger charge is -2.14. The molecule has 2 aromatic rings. The molecule has 2 amide bonds. The SMILES string of the molecule is COc1cc(NC(=O)c2cccc(OC(C)C)c2)ccc1NC(=O)C(C)C. The van der Waals surface area contributed by atoms with Crippen LogP contribution in [0, 0.1) is 5.92 Å². The molecule has 0 spiro atoms. The first-order valence-corrected chi connectivity index (χ1v) is 8.87. The second-order valence-corrected chi connectivity index (χ2v) is 6.71. The normalized spacial score (nSPS) is 10.6. The number of carbonyl (C=O) groups excluding carboxylic acids is 2. The molecule has 0 radical (unpaired) electrons. The largest absolute Gasteiger partial charge is 0.494 e. The third-order valence-electron chi connectivity index (χ3n) is 3.71. The number of rotatable bonds is 7. The smallest absolute Gasteiger partial charge is 0.255 e. The van der Waals surface area contributed by atoms with Gasteiger partial charge in [0.05, 0.1) is 18.9 Å². The van der Waals surface area contributed by atoms with E-state index in [2.05, 4.69) is 10.6 Å². The maximum absolute atomic E-state index is 12.5. The zero-order valence-corrected chi connectivity index (χ0v) is 16.3. The number of ether oxygens (including phenoxy) is 2. The molecule has 27 heavy (non-hydrogen) atoms. The molecule has 0 atom stereocenters. The topological polar surface area (TPSA) is 76.7 Å². The van der Waals surface area contributed by atoms with Crippen molar-refractivity contribution in [3.63, 3.8) is 0 Å². The summed E-state index contributed by atoms with van der Waals surface area (Å²) >= 11 is 0. The molecule has 144 valence electrons. The molecule has 2 aromatic carbocycles. The summed E-state index contributed by atoms with van der Waals surface area (Å²) in [5, 5.41) is 5.64. The van der Waals surface area contributed by atoms with Gasteiger partial charge in [-0.2, -0.15) is 0 Å². The van der Waals surface area contributed by atoms with E-state index in [-0.39, 0.29) is 23.8 Å². The van der Waals surface area contributed by atoms with Gasteiger partial charge < -0.3 is 20.1 Å². The van der Waals surface area contributed by atoms with E-state index in [0.717, 1.165) is 0 Å². The van der Waals surface area contributed by atoms with Crippen LogP contribution in [0.15, 0.2) is 42.5 Å². The second-order valence-electron chi connectivity index (χ2n) is 6.71. The van der Waals surface area contributed by atoms with E-state index in [0.29, 0.717) is 28.4 Å². The molecule has 0 saturated carbocycles. The first kappa shape index (κ1) is 20.3. The van der Waals surface area contributed by atoms with Crippen molar-refractivity contribution in [2.75, 3.05) is 17.7 Å². The Balaban J connectivity index is 2.15. The Morgan fingerprint density at radius 2 is 1.70 bits per heavy atom. The molecule has 0 fully saturated rings. The van der Waals surface area contributed by atoms with Crippen molar-refractivity contribution in [2.24, 2.45) is 5.92 Å². The molecule has 0 heterocycles. The minimum Gasteiger partial charge on any atom is -0.494 e. The third-order valence-corrected chi connectivity index (χ3v) is 3.71. The standard InChI is InChI=1S/C21H26N2O4/c1-13(2)20(24)23-18-10-9-16(12-19(18)26-5)22-21(25)15-7-6-8-17(11-15)27-14(3)4/h6-14H,1-5H3,(H,22,25)(H,23,24). The summed E-state index contributed by atoms with van der Waals surface area (Å²) in [6.07, 6.45) is 0.0289. The fourth-order valence-corrected chi connectivity index (χ4v) is 2.34. The van der Waals surface area contributed by atoms with E-state index < -0.39 is 0 Å². The highest BCUT2D eigenvalue weighted by atomic mass is 16.5. The number of methoxy groups -OCH3 is 1. The van der Waals surface area contributed by atoms with Crippen molar-refractivity contribution in [1.29, 1.82) is 0 Å². The van der Waals surface area contributed by atoms with Crippen LogP contribution in [0.4, 0.5) is 11.4 Å². The molecule has 6 heteroatoms. The van der Waals surface area contributed by atoms with Gasteiger partial charge in [0, 0.05) is 23.2 Å². The quantitative estimate of drug-likeness (QED) is 0.760. The van der Waals surface area contributed by atoms with Gasteiger partial charge in [-0.3, -0.25) is 9.59 Å². The van der Waals surface area contributed by atoms with Crippen LogP contribution in [-0.4, -0.2) is 25.0 Å². The van der Waals surface area contributed by atoms with Gasteiger partial charge in [0.15, 0.2) is 0 Å². The number of nitrogens with one attached hydrogen (secondary N) is 2. The second kappa shape index (κ2) is 9.07. The zero-order valence-electron chi connectivity index (χ0n) is 16.3. The van der Waals surface area contributed by atoms with Crippen LogP contribution < -0.4 is 20.1 Å². The van der Waals surface area contributed by atoms with Gasteiger partial charge in [-0.15, -0.1) is 0 Å². The molecule has 0 unspecified atom stereocenters. The maximum atomic E-state index is 12.5. The van der Waals surface area contributed by atoms with Crippen molar-refractivity contribution in [1.82, 2.24) is 0 Å². The Hall–Kier alpha value is -3.02. The van der Waals surface area contributed by atoms with E-state index >= 15 is 0 Å². The summed E-state index contributed by atoms with van der Waals surface area (Å²) in [5.74, 6) is 0.604. The lowest BCUT2D eigenvalue weighted by Crippen LogP contribution is -2.18. The minimum absolute atomic E-state index is 0.0289. The molecule has 0 aliphatic carbocycles. The molecule has 0 saturated heterocycles. The Bertz CT molecular complexity index is 816. The van der Waals surface area contributed by atoms with Crippen LogP contribution in [0.25, 0.3) is 0 Å². The van der Waals surface area contributed by atoms with E-state index in [1.165, 1.54) is 7.11 Å². The maximum Gasteiger partial charge on any atom is 0.255 e. The summed E-state index contributed by atoms with van der Waals surface area (Å²) < 4.78 is 11.0. The highest BCUT2D eigenvalue weighted by molar-refractivity contribution is 6.05. The number of hydrogen-bond acceptors (Lipinski definition) is 4. The highest BCUT2D eigenvalue weighted by Crippen LogP contribution is 2.29. The molecule has 2 rings (SSSR count). The van der Waals surface area contributed by atoms with Gasteiger partial charge in [-0.05, 0) is 44.2 Å². The van der Waals surface area contributed by atoms with Crippen molar-refractivity contribution in [3.8, 4) is 11.5 Å². The molecule has 6 nitrogen and oxygen atoms in total. The fourth-order valence-electron chi connectivity index (χ4n) is 2.34. The summed E-state index contributed by atoms with van der Waals surface area (Å²) in [7, 11) is 1.51. The zero-order chi connectivity index (χ0) is 20.0. The van der Waals surface area contributed by atoms with E-state index in [4.69, 9.17) is 9.47 Å². The first-order chi connectivity index (χ1) is 12.8. The molecule has 0 bridgehead atoms. The Morgan fingerprint density at radius 3 is 2.33 bits per heavy atom. The Labute approximate surface area is 159 Å². The number of carbonyl (C=O) groups is 2. The van der Waals surface area contributed by atoms with E-state index in [1.807, 2.05) is 33.8 Å². The van der Waals surface area contributed by atoms with Gasteiger partial charge in [-0.25, -0.2) is 0 Å². The number of amides is 2. The van der Waals surface area contributed by atoms with Gasteiger partial charge in [-0.1, -0.05) is 19.9 Å². The van der Waals surface area contributed by atoms with Gasteiger partial charge >= 0.3 is 0 Å². The van der Waals surface area contributed by atoms with Crippen molar-refractivity contribution in [3.05, 3.63) is 48.0 Å². The first-order valence-electron chi connectivity index (χ1n) is 8.87. The number of benzene rings is 2. The Morgan fingerprint density at radius 1 is 0.963 bits per heavy atom. The van der Waals surface area contributed by atoms with Crippen LogP contribution >= 0.6 is 0 Å². The summed E-state index contributed by atoms with van der Waals surface area (Å²) in [6, 6.07) is 12.1. The third kappa shape index (κ3) is 5.74. The lowest BCUT2D eigenvalue weighted by molar-refractivity contribution is -0.118. The predicted molar refractivity (Wildman–Crippen MR) is 107 cm³/mol. The van der Waals surface area contributed by atoms with Gasteiger partial charge in [0.25, 0.3) is 5.91 Å². The molecular formula is C21H26N2O4. The summed E-state index contributed by atoms with van der Waals surface area (Å²) in [6.45, 7) is 7.48. The molecule has 0 aromatic heterocycles. The van der Waals surface area contributed by atoms with Crippen molar-refractivity contribution in [2.45, 2.75) is 33.8 Å². The van der Waals surface area contributed by atoms with Crippen molar-refractivity contribution < 1.29 is 19.1 Å². The van der Waals surface area contributed by atoms with Crippen LogP contribution in [0.3, 0.4) is 0 Å². The average Bonchev–Trinajstić information content (AvgIpc) is 2.62. The van der Waals surface area contributed by atoms with Crippen LogP contribution in [-0.2, 0) is 4.79 Å². The average molecular weight is 370 g/mol. The molecular weight excluding hydrogens is 344 g/mol. The molecule has 0 aliphatic heterocycles. The van der Waals surface area contributed by atoms with Gasteiger partial charge in [0.1, 0.15) is 11.5 Å². The minimum atomic E-state index is -0.259.